The van der Waals surface area contributed by atoms with E-state index in [0.717, 1.165) is 34.0 Å². The Balaban J connectivity index is 1.33. The van der Waals surface area contributed by atoms with E-state index in [1.54, 1.807) is 0 Å². The molecule has 4 aromatic carbocycles. The van der Waals surface area contributed by atoms with Crippen molar-refractivity contribution in [3.05, 3.63) is 140 Å². The average Bonchev–Trinajstić information content (AvgIpc) is 3.50. The standard InChI is InChI=1S/C33H23N5/c1-2-14-30-27(12-1)28-23-26(38-33-16-4-3-15-32(33)35-20-7-8-21-36(35)38)17-18-31(28)37(30)25-11-9-10-24(22-25)29-13-5-6-19-34-29/h1-23H. The highest BCUT2D eigenvalue weighted by Crippen LogP contribution is 2.45. The van der Waals surface area contributed by atoms with Crippen LogP contribution in [0.5, 0.6) is 0 Å². The molecule has 2 aromatic heterocycles. The second-order valence-electron chi connectivity index (χ2n) is 9.47. The van der Waals surface area contributed by atoms with Crippen LogP contribution in [0.1, 0.15) is 0 Å². The first-order valence-corrected chi connectivity index (χ1v) is 12.7. The van der Waals surface area contributed by atoms with Crippen LogP contribution in [0.25, 0.3) is 38.8 Å². The zero-order valence-electron chi connectivity index (χ0n) is 20.5. The number of anilines is 3. The zero-order chi connectivity index (χ0) is 25.1. The third kappa shape index (κ3) is 3.02. The molecule has 2 aliphatic heterocycles. The van der Waals surface area contributed by atoms with Crippen molar-refractivity contribution in [3.63, 3.8) is 0 Å². The van der Waals surface area contributed by atoms with Gasteiger partial charge in [0, 0.05) is 40.6 Å². The molecule has 0 saturated heterocycles. The lowest BCUT2D eigenvalue weighted by molar-refractivity contribution is 0.408. The Morgan fingerprint density at radius 1 is 0.553 bits per heavy atom. The van der Waals surface area contributed by atoms with Gasteiger partial charge in [-0.15, -0.1) is 0 Å². The molecule has 0 atom stereocenters. The Labute approximate surface area is 220 Å². The topological polar surface area (TPSA) is 27.5 Å². The summed E-state index contributed by atoms with van der Waals surface area (Å²) in [4.78, 5) is 4.57. The van der Waals surface area contributed by atoms with Crippen LogP contribution in [0.3, 0.4) is 0 Å². The van der Waals surface area contributed by atoms with Crippen LogP contribution in [0.15, 0.2) is 140 Å². The summed E-state index contributed by atoms with van der Waals surface area (Å²) in [5, 5.41) is 9.04. The maximum absolute atomic E-state index is 4.57. The number of hydrazine groups is 2. The van der Waals surface area contributed by atoms with Crippen molar-refractivity contribution < 1.29 is 0 Å². The quantitative estimate of drug-likeness (QED) is 0.252. The van der Waals surface area contributed by atoms with E-state index in [1.165, 1.54) is 21.8 Å². The first-order valence-electron chi connectivity index (χ1n) is 12.7. The van der Waals surface area contributed by atoms with Crippen LogP contribution < -0.4 is 10.0 Å². The van der Waals surface area contributed by atoms with Gasteiger partial charge in [-0.2, -0.15) is 5.12 Å². The van der Waals surface area contributed by atoms with Gasteiger partial charge in [0.05, 0.1) is 33.8 Å². The van der Waals surface area contributed by atoms with Gasteiger partial charge in [-0.3, -0.25) is 4.98 Å². The second-order valence-corrected chi connectivity index (χ2v) is 9.47. The molecule has 0 radical (unpaired) electrons. The molecule has 8 rings (SSSR count). The summed E-state index contributed by atoms with van der Waals surface area (Å²) in [6, 6.07) is 38.6. The summed E-state index contributed by atoms with van der Waals surface area (Å²) in [6.07, 6.45) is 10.2. The molecule has 2 aliphatic rings. The van der Waals surface area contributed by atoms with Crippen molar-refractivity contribution >= 4 is 38.9 Å². The molecule has 0 fully saturated rings. The smallest absolute Gasteiger partial charge is 0.0909 e. The Morgan fingerprint density at radius 2 is 1.37 bits per heavy atom. The highest BCUT2D eigenvalue weighted by Gasteiger charge is 2.33. The maximum atomic E-state index is 4.57. The van der Waals surface area contributed by atoms with Crippen LogP contribution >= 0.6 is 0 Å². The number of hydrogen-bond donors (Lipinski definition) is 0. The van der Waals surface area contributed by atoms with E-state index in [2.05, 4.69) is 146 Å². The SMILES string of the molecule is C1=CN2c3ccccc3N(c3ccc4c(c3)c3ccccc3n4-c3cccc(-c4ccccn4)c3)N2C=C1. The largest absolute Gasteiger partial charge is 0.309 e. The van der Waals surface area contributed by atoms with Crippen LogP contribution in [0, 0.1) is 0 Å². The number of allylic oxidation sites excluding steroid dienone is 2. The van der Waals surface area contributed by atoms with Gasteiger partial charge in [0.25, 0.3) is 0 Å². The van der Waals surface area contributed by atoms with Crippen molar-refractivity contribution in [2.24, 2.45) is 0 Å². The molecule has 0 aliphatic carbocycles. The molecule has 6 aromatic rings. The minimum Gasteiger partial charge on any atom is -0.309 e. The van der Waals surface area contributed by atoms with E-state index < -0.39 is 0 Å². The van der Waals surface area contributed by atoms with E-state index in [4.69, 9.17) is 0 Å². The van der Waals surface area contributed by atoms with E-state index in [0.29, 0.717) is 0 Å². The van der Waals surface area contributed by atoms with E-state index in [-0.39, 0.29) is 0 Å². The molecule has 5 heteroatoms. The zero-order valence-corrected chi connectivity index (χ0v) is 20.5. The van der Waals surface area contributed by atoms with Crippen molar-refractivity contribution in [1.82, 2.24) is 14.7 Å². The van der Waals surface area contributed by atoms with Crippen molar-refractivity contribution in [1.29, 1.82) is 0 Å². The second kappa shape index (κ2) is 8.11. The molecule has 4 heterocycles. The molecular formula is C33H23N5. The van der Waals surface area contributed by atoms with E-state index in [9.17, 15) is 0 Å². The Kier molecular flexibility index (Phi) is 4.45. The van der Waals surface area contributed by atoms with Gasteiger partial charge in [0.2, 0.25) is 0 Å². The predicted octanol–water partition coefficient (Wildman–Crippen LogP) is 7.98. The summed E-state index contributed by atoms with van der Waals surface area (Å²) in [7, 11) is 0. The third-order valence-corrected chi connectivity index (χ3v) is 7.31. The number of hydrogen-bond acceptors (Lipinski definition) is 4. The first-order chi connectivity index (χ1) is 18.9. The molecule has 180 valence electrons. The molecule has 0 amide bonds. The highest BCUT2D eigenvalue weighted by molar-refractivity contribution is 6.10. The van der Waals surface area contributed by atoms with Crippen LogP contribution in [0.2, 0.25) is 0 Å². The molecule has 0 bridgehead atoms. The van der Waals surface area contributed by atoms with E-state index in [1.807, 2.05) is 18.3 Å². The van der Waals surface area contributed by atoms with Crippen LogP contribution in [-0.4, -0.2) is 14.7 Å². The van der Waals surface area contributed by atoms with Crippen LogP contribution in [-0.2, 0) is 0 Å². The number of pyridine rings is 1. The van der Waals surface area contributed by atoms with Gasteiger partial charge in [-0.1, -0.05) is 48.5 Å². The summed E-state index contributed by atoms with van der Waals surface area (Å²) in [6.45, 7) is 0. The molecule has 0 N–H and O–H groups in total. The molecule has 38 heavy (non-hydrogen) atoms. The summed E-state index contributed by atoms with van der Waals surface area (Å²) >= 11 is 0. The molecule has 0 unspecified atom stereocenters. The fraction of sp³-hybridized carbons (Fsp3) is 0. The molecule has 0 saturated carbocycles. The van der Waals surface area contributed by atoms with Crippen LogP contribution in [0.4, 0.5) is 17.1 Å². The Bertz CT molecular complexity index is 1900. The third-order valence-electron chi connectivity index (χ3n) is 7.31. The first kappa shape index (κ1) is 20.9. The number of para-hydroxylation sites is 3. The molecule has 5 nitrogen and oxygen atoms in total. The number of fused-ring (bicyclic) bond motifs is 6. The van der Waals surface area contributed by atoms with Gasteiger partial charge in [0.1, 0.15) is 0 Å². The predicted molar refractivity (Wildman–Crippen MR) is 155 cm³/mol. The summed E-state index contributed by atoms with van der Waals surface area (Å²) < 4.78 is 2.36. The lowest BCUT2D eigenvalue weighted by Gasteiger charge is -2.34. The Morgan fingerprint density at radius 3 is 2.29 bits per heavy atom. The normalized spacial score (nSPS) is 13.9. The minimum absolute atomic E-state index is 0.971. The Hall–Kier alpha value is -5.29. The highest BCUT2D eigenvalue weighted by atomic mass is 15.9. The molecule has 0 spiro atoms. The fourth-order valence-electron chi connectivity index (χ4n) is 5.67. The molecular weight excluding hydrogens is 466 g/mol. The maximum Gasteiger partial charge on any atom is 0.0909 e. The lowest BCUT2D eigenvalue weighted by atomic mass is 10.1. The van der Waals surface area contributed by atoms with Crippen molar-refractivity contribution in [2.75, 3.05) is 10.0 Å². The fourth-order valence-corrected chi connectivity index (χ4v) is 5.67. The number of aromatic nitrogens is 2. The monoisotopic (exact) mass is 489 g/mol. The van der Waals surface area contributed by atoms with Gasteiger partial charge >= 0.3 is 0 Å². The minimum atomic E-state index is 0.971. The van der Waals surface area contributed by atoms with Gasteiger partial charge < -0.3 is 4.57 Å². The number of rotatable bonds is 3. The van der Waals surface area contributed by atoms with Gasteiger partial charge in [-0.25, -0.2) is 10.0 Å². The van der Waals surface area contributed by atoms with E-state index >= 15 is 0 Å². The van der Waals surface area contributed by atoms with Gasteiger partial charge in [0.15, 0.2) is 0 Å². The summed E-state index contributed by atoms with van der Waals surface area (Å²) in [5.74, 6) is 0. The summed E-state index contributed by atoms with van der Waals surface area (Å²) in [5.41, 5.74) is 8.96. The van der Waals surface area contributed by atoms with Gasteiger partial charge in [-0.05, 0) is 72.8 Å². The average molecular weight is 490 g/mol. The number of benzene rings is 4. The lowest BCUT2D eigenvalue weighted by Crippen LogP contribution is -2.40. The van der Waals surface area contributed by atoms with Crippen molar-refractivity contribution in [3.8, 4) is 16.9 Å². The number of nitrogens with zero attached hydrogens (tertiary/aromatic N) is 5. The van der Waals surface area contributed by atoms with Crippen molar-refractivity contribution in [2.45, 2.75) is 0 Å².